The maximum absolute atomic E-state index is 14.1. The van der Waals surface area contributed by atoms with E-state index in [1.165, 1.54) is 0 Å². The summed E-state index contributed by atoms with van der Waals surface area (Å²) in [4.78, 5) is 0. The molecule has 0 N–H and O–H groups in total. The molecule has 0 rings (SSSR count). The van der Waals surface area contributed by atoms with Crippen molar-refractivity contribution in [3.63, 3.8) is 0 Å². The minimum absolute atomic E-state index is 3.62. The van der Waals surface area contributed by atoms with Gasteiger partial charge in [0.15, 0.2) is 0 Å². The van der Waals surface area contributed by atoms with E-state index in [1.54, 1.807) is 0 Å². The highest BCUT2D eigenvalue weighted by Crippen LogP contribution is 2.69. The Labute approximate surface area is 244 Å². The van der Waals surface area contributed by atoms with E-state index in [2.05, 4.69) is 22.2 Å². The van der Waals surface area contributed by atoms with E-state index >= 15 is 0 Å². The van der Waals surface area contributed by atoms with Gasteiger partial charge in [-0.15, -0.1) is 22.2 Å². The Morgan fingerprint density at radius 2 is 0.340 bits per heavy atom. The molecule has 47 heavy (non-hydrogen) atoms. The minimum atomic E-state index is -10.2. The maximum Gasteiger partial charge on any atom is 0.460 e. The average Bonchev–Trinajstić information content (AvgIpc) is 2.80. The molecule has 0 aliphatic heterocycles. The zero-order valence-electron chi connectivity index (χ0n) is 19.6. The van der Waals surface area contributed by atoms with Crippen molar-refractivity contribution < 1.29 is 132 Å². The van der Waals surface area contributed by atoms with Gasteiger partial charge in [0.05, 0.1) is 0 Å². The fourth-order valence-electron chi connectivity index (χ4n) is 2.52. The first-order valence-corrected chi connectivity index (χ1v) is 13.6. The van der Waals surface area contributed by atoms with Gasteiger partial charge in [-0.1, -0.05) is 0 Å². The summed E-state index contributed by atoms with van der Waals surface area (Å²) in [6, 6.07) is 0. The second-order valence-electron chi connectivity index (χ2n) is 8.46. The summed E-state index contributed by atoms with van der Waals surface area (Å²) in [5, 5.41) is 0. The molecule has 0 unspecified atom stereocenters. The molecule has 0 atom stereocenters. The molecule has 0 heterocycles. The number of hydrogen-bond donors (Lipinski definition) is 0. The van der Waals surface area contributed by atoms with Crippen molar-refractivity contribution >= 4 is 28.9 Å². The second kappa shape index (κ2) is 10.8. The Bertz CT molecular complexity index is 1070. The smallest absolute Gasteiger partial charge is 0.201 e. The van der Waals surface area contributed by atoms with Crippen LogP contribution in [0, 0.1) is 0 Å². The number of rotatable bonds is 12. The van der Waals surface area contributed by atoms with Gasteiger partial charge in [-0.2, -0.15) is 114 Å². The van der Waals surface area contributed by atoms with Crippen molar-refractivity contribution in [2.45, 2.75) is 82.7 Å². The summed E-state index contributed by atoms with van der Waals surface area (Å²) in [7, 11) is 0. The van der Waals surface area contributed by atoms with E-state index in [4.69, 9.17) is 0 Å². The lowest BCUT2D eigenvalue weighted by atomic mass is 9.91. The Balaban J connectivity index is 7.61. The molecule has 0 nitrogen and oxygen atoms in total. The van der Waals surface area contributed by atoms with Crippen molar-refractivity contribution in [3.05, 3.63) is 0 Å². The summed E-state index contributed by atoms with van der Waals surface area (Å²) < 4.78 is 397. The largest absolute Gasteiger partial charge is 0.460 e. The van der Waals surface area contributed by atoms with Crippen molar-refractivity contribution in [1.82, 2.24) is 0 Å². The third-order valence-corrected chi connectivity index (χ3v) is 10.5. The Hall–Kier alpha value is -1.30. The van der Waals surface area contributed by atoms with Crippen LogP contribution in [-0.2, 0) is 0 Å². The highest BCUT2D eigenvalue weighted by atomic mass is 35.7. The van der Waals surface area contributed by atoms with Gasteiger partial charge in [-0.05, 0) is 0 Å². The van der Waals surface area contributed by atoms with Gasteiger partial charge < -0.3 is 0 Å². The SMILES string of the molecule is FC(F)(F)C(F)(F)C(F)(F)C(F)(F)C(F)(F)C(F)(F)C(F)(F)C(F)(F)[Si](Cl)(Cl)C(F)(F)C(F)(F)C(F)(F)C(F)(F)C(F)(F)C(F)(F)F. The topological polar surface area (TPSA) is 0 Å². The van der Waals surface area contributed by atoms with Gasteiger partial charge in [-0.25, -0.2) is 17.6 Å². The molecule has 0 saturated heterocycles. The molecule has 0 aliphatic rings. The standard InChI is InChI=1S/C14Cl2F30Si/c15-47(16,14(45,46)10(35,36)6(27,28)4(23,24)8(31,32)12(40,41)42)13(43,44)9(33,34)5(25,26)2(19,20)1(17,18)3(21,22)7(29,30)11(37,38)39. The van der Waals surface area contributed by atoms with Gasteiger partial charge >= 0.3 is 89.4 Å². The van der Waals surface area contributed by atoms with Crippen LogP contribution >= 0.6 is 22.2 Å². The number of alkyl halides is 30. The van der Waals surface area contributed by atoms with Gasteiger partial charge in [0.1, 0.15) is 0 Å². The number of hydrogen-bond acceptors (Lipinski definition) is 0. The first-order chi connectivity index (χ1) is 19.5. The van der Waals surface area contributed by atoms with Crippen molar-refractivity contribution in [3.8, 4) is 0 Å². The third kappa shape index (κ3) is 5.24. The first kappa shape index (κ1) is 45.7. The van der Waals surface area contributed by atoms with E-state index in [0.717, 1.165) is 0 Å². The molecular weight excluding hydrogens is 837 g/mol. The van der Waals surface area contributed by atoms with Crippen molar-refractivity contribution in [2.24, 2.45) is 0 Å². The fourth-order valence-corrected chi connectivity index (χ4v) is 5.45. The Morgan fingerprint density at radius 1 is 0.213 bits per heavy atom. The average molecular weight is 837 g/mol. The summed E-state index contributed by atoms with van der Waals surface area (Å²) in [5.41, 5.74) is -18.1. The minimum Gasteiger partial charge on any atom is -0.201 e. The molecule has 0 aromatic rings. The molecule has 0 radical (unpaired) electrons. The molecule has 0 bridgehead atoms. The summed E-state index contributed by atoms with van der Waals surface area (Å²) in [5.74, 6) is -92.7. The van der Waals surface area contributed by atoms with Gasteiger partial charge in [0.2, 0.25) is 0 Å². The molecule has 0 aliphatic carbocycles. The lowest BCUT2D eigenvalue weighted by Crippen LogP contribution is -2.81. The molecule has 0 saturated carbocycles. The predicted octanol–water partition coefficient (Wildman–Crippen LogP) is 10.7. The lowest BCUT2D eigenvalue weighted by molar-refractivity contribution is -0.459. The first-order valence-electron chi connectivity index (χ1n) is 9.55. The molecule has 33 heteroatoms. The maximum atomic E-state index is 14.1. The third-order valence-electron chi connectivity index (χ3n) is 5.44. The van der Waals surface area contributed by atoms with Crippen molar-refractivity contribution in [2.75, 3.05) is 0 Å². The second-order valence-corrected chi connectivity index (χ2v) is 14.8. The van der Waals surface area contributed by atoms with Crippen molar-refractivity contribution in [1.29, 1.82) is 0 Å². The van der Waals surface area contributed by atoms with Gasteiger partial charge in [0, 0.05) is 0 Å². The summed E-state index contributed by atoms with van der Waals surface area (Å²) >= 11 is 7.23. The predicted molar refractivity (Wildman–Crippen MR) is 88.9 cm³/mol. The van der Waals surface area contributed by atoms with Crippen LogP contribution in [0.2, 0.25) is 0 Å². The van der Waals surface area contributed by atoms with Crippen LogP contribution < -0.4 is 0 Å². The zero-order chi connectivity index (χ0) is 39.5. The van der Waals surface area contributed by atoms with Gasteiger partial charge in [-0.3, -0.25) is 0 Å². The van der Waals surface area contributed by atoms with Crippen LogP contribution in [0.3, 0.4) is 0 Å². The van der Waals surface area contributed by atoms with E-state index in [1.807, 2.05) is 0 Å². The van der Waals surface area contributed by atoms with E-state index in [9.17, 15) is 132 Å². The summed E-state index contributed by atoms with van der Waals surface area (Å²) in [6.07, 6.45) is -16.5. The Morgan fingerprint density at radius 3 is 0.489 bits per heavy atom. The Kier molecular flexibility index (Phi) is 10.5. The highest BCUT2D eigenvalue weighted by molar-refractivity contribution is 7.47. The molecule has 0 amide bonds. The highest BCUT2D eigenvalue weighted by Gasteiger charge is 3.00. The molecule has 284 valence electrons. The lowest BCUT2D eigenvalue weighted by Gasteiger charge is -2.47. The summed E-state index contributed by atoms with van der Waals surface area (Å²) in [6.45, 7) is -10.2. The van der Waals surface area contributed by atoms with Crippen LogP contribution in [0.5, 0.6) is 0 Å². The number of halogens is 32. The van der Waals surface area contributed by atoms with E-state index < -0.39 is 89.4 Å². The normalized spacial score (nSPS) is 17.4. The van der Waals surface area contributed by atoms with Crippen LogP contribution in [0.1, 0.15) is 0 Å². The molecule has 0 fully saturated rings. The molecule has 0 spiro atoms. The van der Waals surface area contributed by atoms with E-state index in [0.29, 0.717) is 0 Å². The molecule has 0 aromatic carbocycles. The van der Waals surface area contributed by atoms with Crippen LogP contribution in [0.25, 0.3) is 0 Å². The molecule has 0 aromatic heterocycles. The van der Waals surface area contributed by atoms with Crippen LogP contribution in [0.15, 0.2) is 0 Å². The zero-order valence-corrected chi connectivity index (χ0v) is 22.1. The monoisotopic (exact) mass is 836 g/mol. The van der Waals surface area contributed by atoms with Crippen LogP contribution in [-0.4, -0.2) is 89.4 Å². The van der Waals surface area contributed by atoms with E-state index in [-0.39, 0.29) is 0 Å². The fraction of sp³-hybridized carbons (Fsp3) is 1.00. The van der Waals surface area contributed by atoms with Crippen LogP contribution in [0.4, 0.5) is 132 Å². The molecular formula is C14Cl2F30Si. The quantitative estimate of drug-likeness (QED) is 0.104. The van der Waals surface area contributed by atoms with Gasteiger partial charge in [0.25, 0.3) is 0 Å².